The Labute approximate surface area is 103 Å². The van der Waals surface area contributed by atoms with Gasteiger partial charge in [0.1, 0.15) is 12.1 Å². The molecule has 2 N–H and O–H groups in total. The van der Waals surface area contributed by atoms with Gasteiger partial charge in [-0.2, -0.15) is 0 Å². The fourth-order valence-electron chi connectivity index (χ4n) is 1.33. The lowest BCUT2D eigenvalue weighted by Gasteiger charge is -2.07. The Morgan fingerprint density at radius 2 is 2.12 bits per heavy atom. The Bertz CT molecular complexity index is 306. The predicted molar refractivity (Wildman–Crippen MR) is 69.5 cm³/mol. The van der Waals surface area contributed by atoms with Crippen LogP contribution in [0, 0.1) is 0 Å². The summed E-state index contributed by atoms with van der Waals surface area (Å²) in [6, 6.07) is 1.84. The number of nitrogens with zero attached hydrogens (tertiary/aromatic N) is 2. The largest absolute Gasteiger partial charge is 0.478 e. The van der Waals surface area contributed by atoms with Crippen molar-refractivity contribution in [1.82, 2.24) is 15.3 Å². The summed E-state index contributed by atoms with van der Waals surface area (Å²) in [6.07, 6.45) is 3.58. The second-order valence-electron chi connectivity index (χ2n) is 3.72. The maximum atomic E-state index is 5.44. The summed E-state index contributed by atoms with van der Waals surface area (Å²) in [6.45, 7) is 7.81. The molecule has 0 spiro atoms. The molecule has 1 rings (SSSR count). The zero-order valence-electron chi connectivity index (χ0n) is 10.7. The van der Waals surface area contributed by atoms with Crippen LogP contribution in [0.15, 0.2) is 12.4 Å². The van der Waals surface area contributed by atoms with E-state index in [9.17, 15) is 0 Å². The van der Waals surface area contributed by atoms with Crippen molar-refractivity contribution in [3.63, 3.8) is 0 Å². The van der Waals surface area contributed by atoms with Gasteiger partial charge in [0.2, 0.25) is 5.88 Å². The predicted octanol–water partition coefficient (Wildman–Crippen LogP) is 1.68. The van der Waals surface area contributed by atoms with E-state index < -0.39 is 0 Å². The second-order valence-corrected chi connectivity index (χ2v) is 3.72. The minimum absolute atomic E-state index is 0.635. The van der Waals surface area contributed by atoms with E-state index in [0.29, 0.717) is 12.5 Å². The summed E-state index contributed by atoms with van der Waals surface area (Å²) in [5.41, 5.74) is 0. The summed E-state index contributed by atoms with van der Waals surface area (Å²) in [7, 11) is 0. The molecule has 0 saturated heterocycles. The average Bonchev–Trinajstić information content (AvgIpc) is 2.37. The Balaban J connectivity index is 2.27. The van der Waals surface area contributed by atoms with Crippen LogP contribution in [0.5, 0.6) is 5.88 Å². The quantitative estimate of drug-likeness (QED) is 0.641. The molecule has 0 fully saturated rings. The minimum atomic E-state index is 0.635. The van der Waals surface area contributed by atoms with E-state index in [1.165, 1.54) is 6.33 Å². The van der Waals surface area contributed by atoms with E-state index in [1.807, 2.05) is 6.07 Å². The molecule has 1 aromatic heterocycles. The number of hydrogen-bond acceptors (Lipinski definition) is 5. The number of hydrogen-bond donors (Lipinski definition) is 2. The molecule has 0 aliphatic heterocycles. The van der Waals surface area contributed by atoms with Crippen LogP contribution in [-0.4, -0.2) is 36.2 Å². The lowest BCUT2D eigenvalue weighted by molar-refractivity contribution is 0.305. The molecule has 0 aliphatic carbocycles. The minimum Gasteiger partial charge on any atom is -0.478 e. The van der Waals surface area contributed by atoms with Crippen LogP contribution < -0.4 is 15.4 Å². The Kier molecular flexibility index (Phi) is 7.06. The lowest BCUT2D eigenvalue weighted by Crippen LogP contribution is -2.17. The standard InChI is InChI=1S/C12H22N4O/c1-3-8-17-12-9-11(15-10-16-12)14-7-5-6-13-4-2/h9-10,13H,3-8H2,1-2H3,(H,14,15,16). The molecule has 0 aliphatic rings. The second kappa shape index (κ2) is 8.75. The van der Waals surface area contributed by atoms with Gasteiger partial charge in [-0.05, 0) is 25.9 Å². The zero-order valence-corrected chi connectivity index (χ0v) is 10.7. The Hall–Kier alpha value is -1.36. The molecule has 0 atom stereocenters. The van der Waals surface area contributed by atoms with Crippen LogP contribution >= 0.6 is 0 Å². The van der Waals surface area contributed by atoms with E-state index >= 15 is 0 Å². The Morgan fingerprint density at radius 1 is 1.24 bits per heavy atom. The smallest absolute Gasteiger partial charge is 0.218 e. The highest BCUT2D eigenvalue weighted by atomic mass is 16.5. The van der Waals surface area contributed by atoms with Gasteiger partial charge in [-0.25, -0.2) is 9.97 Å². The molecule has 17 heavy (non-hydrogen) atoms. The van der Waals surface area contributed by atoms with E-state index in [-0.39, 0.29) is 0 Å². The molecule has 96 valence electrons. The normalized spacial score (nSPS) is 10.2. The third-order valence-corrected chi connectivity index (χ3v) is 2.18. The summed E-state index contributed by atoms with van der Waals surface area (Å²) >= 11 is 0. The highest BCUT2D eigenvalue weighted by Gasteiger charge is 1.98. The number of anilines is 1. The molecule has 5 nitrogen and oxygen atoms in total. The van der Waals surface area contributed by atoms with Gasteiger partial charge in [0.25, 0.3) is 0 Å². The molecule has 0 aromatic carbocycles. The highest BCUT2D eigenvalue weighted by Crippen LogP contribution is 2.10. The van der Waals surface area contributed by atoms with Gasteiger partial charge in [-0.1, -0.05) is 13.8 Å². The molecule has 0 unspecified atom stereocenters. The van der Waals surface area contributed by atoms with Crippen LogP contribution in [0.25, 0.3) is 0 Å². The third kappa shape index (κ3) is 6.06. The maximum Gasteiger partial charge on any atom is 0.218 e. The van der Waals surface area contributed by atoms with Crippen LogP contribution in [0.3, 0.4) is 0 Å². The van der Waals surface area contributed by atoms with E-state index in [1.54, 1.807) is 0 Å². The lowest BCUT2D eigenvalue weighted by atomic mass is 10.4. The monoisotopic (exact) mass is 238 g/mol. The fourth-order valence-corrected chi connectivity index (χ4v) is 1.33. The van der Waals surface area contributed by atoms with Crippen molar-refractivity contribution in [3.8, 4) is 5.88 Å². The van der Waals surface area contributed by atoms with Crippen molar-refractivity contribution in [2.24, 2.45) is 0 Å². The number of nitrogens with one attached hydrogen (secondary N) is 2. The third-order valence-electron chi connectivity index (χ3n) is 2.18. The molecular formula is C12H22N4O. The molecular weight excluding hydrogens is 216 g/mol. The van der Waals surface area contributed by atoms with Crippen LogP contribution in [0.2, 0.25) is 0 Å². The van der Waals surface area contributed by atoms with Crippen molar-refractivity contribution in [3.05, 3.63) is 12.4 Å². The molecule has 0 amide bonds. The van der Waals surface area contributed by atoms with Gasteiger partial charge in [-0.15, -0.1) is 0 Å². The van der Waals surface area contributed by atoms with Crippen molar-refractivity contribution < 1.29 is 4.74 Å². The zero-order chi connectivity index (χ0) is 12.3. The van der Waals surface area contributed by atoms with Gasteiger partial charge in [0, 0.05) is 12.6 Å². The van der Waals surface area contributed by atoms with Gasteiger partial charge in [-0.3, -0.25) is 0 Å². The van der Waals surface area contributed by atoms with Gasteiger partial charge in [0.05, 0.1) is 6.61 Å². The van der Waals surface area contributed by atoms with E-state index in [0.717, 1.165) is 38.3 Å². The molecule has 0 radical (unpaired) electrons. The topological polar surface area (TPSA) is 59.1 Å². The van der Waals surface area contributed by atoms with E-state index in [4.69, 9.17) is 4.74 Å². The van der Waals surface area contributed by atoms with Crippen molar-refractivity contribution in [2.75, 3.05) is 31.6 Å². The SMILES string of the molecule is CCCOc1cc(NCCCNCC)ncn1. The van der Waals surface area contributed by atoms with Gasteiger partial charge < -0.3 is 15.4 Å². The summed E-state index contributed by atoms with van der Waals surface area (Å²) in [4.78, 5) is 8.19. The molecule has 0 saturated carbocycles. The maximum absolute atomic E-state index is 5.44. The number of aromatic nitrogens is 2. The van der Waals surface area contributed by atoms with Gasteiger partial charge in [0.15, 0.2) is 0 Å². The molecule has 1 aromatic rings. The molecule has 1 heterocycles. The van der Waals surface area contributed by atoms with Gasteiger partial charge >= 0.3 is 0 Å². The first-order chi connectivity index (χ1) is 8.36. The number of ether oxygens (including phenoxy) is 1. The summed E-state index contributed by atoms with van der Waals surface area (Å²) in [5.74, 6) is 1.46. The van der Waals surface area contributed by atoms with E-state index in [2.05, 4.69) is 34.4 Å². The first kappa shape index (κ1) is 13.7. The average molecular weight is 238 g/mol. The Morgan fingerprint density at radius 3 is 2.88 bits per heavy atom. The highest BCUT2D eigenvalue weighted by molar-refractivity contribution is 5.36. The van der Waals surface area contributed by atoms with Crippen LogP contribution in [0.4, 0.5) is 5.82 Å². The fraction of sp³-hybridized carbons (Fsp3) is 0.667. The molecule has 0 bridgehead atoms. The van der Waals surface area contributed by atoms with Crippen molar-refractivity contribution in [1.29, 1.82) is 0 Å². The van der Waals surface area contributed by atoms with Crippen molar-refractivity contribution >= 4 is 5.82 Å². The van der Waals surface area contributed by atoms with Crippen LogP contribution in [0.1, 0.15) is 26.7 Å². The summed E-state index contributed by atoms with van der Waals surface area (Å²) in [5, 5.41) is 6.53. The number of rotatable bonds is 9. The van der Waals surface area contributed by atoms with Crippen LogP contribution in [-0.2, 0) is 0 Å². The first-order valence-corrected chi connectivity index (χ1v) is 6.26. The molecule has 5 heteroatoms. The summed E-state index contributed by atoms with van der Waals surface area (Å²) < 4.78 is 5.44. The first-order valence-electron chi connectivity index (χ1n) is 6.26. The van der Waals surface area contributed by atoms with Crippen molar-refractivity contribution in [2.45, 2.75) is 26.7 Å².